The first-order valence-corrected chi connectivity index (χ1v) is 9.42. The summed E-state index contributed by atoms with van der Waals surface area (Å²) in [5.74, 6) is 0. The summed E-state index contributed by atoms with van der Waals surface area (Å²) in [7, 11) is -0.483. The van der Waals surface area contributed by atoms with Gasteiger partial charge in [-0.15, -0.1) is 0 Å². The summed E-state index contributed by atoms with van der Waals surface area (Å²) in [4.78, 5) is 4.97. The third kappa shape index (κ3) is 2.48. The lowest BCUT2D eigenvalue weighted by molar-refractivity contribution is 0.00578. The second-order valence-electron chi connectivity index (χ2n) is 8.35. The summed E-state index contributed by atoms with van der Waals surface area (Å²) in [5, 5.41) is 5.84. The van der Waals surface area contributed by atoms with Gasteiger partial charge in [-0.3, -0.25) is 4.98 Å². The average Bonchev–Trinajstić information content (AvgIpc) is 2.87. The van der Waals surface area contributed by atoms with Gasteiger partial charge in [0.2, 0.25) is 0 Å². The molecule has 2 heterocycles. The van der Waals surface area contributed by atoms with Crippen LogP contribution in [0.1, 0.15) is 27.7 Å². The molecule has 0 N–H and O–H groups in total. The van der Waals surface area contributed by atoms with Crippen LogP contribution in [0, 0.1) is 0 Å². The van der Waals surface area contributed by atoms with Gasteiger partial charge in [-0.05, 0) is 62.1 Å². The number of aromatic nitrogens is 1. The second kappa shape index (κ2) is 5.54. The van der Waals surface area contributed by atoms with E-state index in [9.17, 15) is 0 Å². The fraction of sp³-hybridized carbons (Fsp3) is 0.261. The van der Waals surface area contributed by atoms with E-state index in [1.807, 2.05) is 6.07 Å². The minimum atomic E-state index is -0.483. The van der Waals surface area contributed by atoms with Crippen molar-refractivity contribution in [1.29, 1.82) is 0 Å². The van der Waals surface area contributed by atoms with Crippen molar-refractivity contribution in [3.05, 3.63) is 60.7 Å². The molecule has 1 aromatic heterocycles. The zero-order valence-corrected chi connectivity index (χ0v) is 16.1. The van der Waals surface area contributed by atoms with Gasteiger partial charge in [0.05, 0.1) is 22.3 Å². The summed E-state index contributed by atoms with van der Waals surface area (Å²) in [6, 6.07) is 21.2. The molecule has 0 spiro atoms. The van der Waals surface area contributed by atoms with Gasteiger partial charge in [0.1, 0.15) is 0 Å². The number of benzene rings is 3. The van der Waals surface area contributed by atoms with E-state index in [4.69, 9.17) is 14.3 Å². The van der Waals surface area contributed by atoms with E-state index in [0.717, 1.165) is 21.9 Å². The molecule has 134 valence electrons. The van der Waals surface area contributed by atoms with E-state index in [1.165, 1.54) is 16.2 Å². The maximum absolute atomic E-state index is 6.33. The SMILES string of the molecule is CC1(C)OB(c2nc3ccccc3c3cc4ccccc4cc23)OC1(C)C. The molecule has 1 saturated heterocycles. The first-order chi connectivity index (χ1) is 12.9. The van der Waals surface area contributed by atoms with Gasteiger partial charge in [-0.2, -0.15) is 0 Å². The Morgan fingerprint density at radius 2 is 1.26 bits per heavy atom. The number of para-hydroxylation sites is 1. The number of nitrogens with zero attached hydrogens (tertiary/aromatic N) is 1. The maximum atomic E-state index is 6.33. The monoisotopic (exact) mass is 355 g/mol. The van der Waals surface area contributed by atoms with E-state index < -0.39 is 18.3 Å². The van der Waals surface area contributed by atoms with Crippen LogP contribution < -0.4 is 5.59 Å². The molecule has 0 radical (unpaired) electrons. The van der Waals surface area contributed by atoms with E-state index in [2.05, 4.69) is 82.3 Å². The highest BCUT2D eigenvalue weighted by Crippen LogP contribution is 2.37. The van der Waals surface area contributed by atoms with Crippen LogP contribution in [0.5, 0.6) is 0 Å². The Balaban J connectivity index is 1.84. The van der Waals surface area contributed by atoms with Gasteiger partial charge in [0.15, 0.2) is 0 Å². The molecule has 3 aromatic carbocycles. The lowest BCUT2D eigenvalue weighted by Crippen LogP contribution is -2.41. The molecule has 0 bridgehead atoms. The zero-order valence-electron chi connectivity index (χ0n) is 16.1. The zero-order chi connectivity index (χ0) is 18.8. The lowest BCUT2D eigenvalue weighted by atomic mass is 9.79. The molecule has 0 unspecified atom stereocenters. The Morgan fingerprint density at radius 1 is 0.704 bits per heavy atom. The minimum Gasteiger partial charge on any atom is -0.398 e. The van der Waals surface area contributed by atoms with Crippen molar-refractivity contribution in [1.82, 2.24) is 4.98 Å². The van der Waals surface area contributed by atoms with Crippen LogP contribution >= 0.6 is 0 Å². The van der Waals surface area contributed by atoms with Gasteiger partial charge in [-0.1, -0.05) is 42.5 Å². The molecule has 3 nitrogen and oxygen atoms in total. The number of pyridine rings is 1. The molecular formula is C23H22BNO2. The minimum absolute atomic E-state index is 0.395. The fourth-order valence-corrected chi connectivity index (χ4v) is 3.80. The van der Waals surface area contributed by atoms with E-state index >= 15 is 0 Å². The van der Waals surface area contributed by atoms with Gasteiger partial charge in [-0.25, -0.2) is 0 Å². The largest absolute Gasteiger partial charge is 0.515 e. The highest BCUT2D eigenvalue weighted by Gasteiger charge is 2.52. The number of rotatable bonds is 1. The van der Waals surface area contributed by atoms with Crippen LogP contribution in [0.2, 0.25) is 0 Å². The smallest absolute Gasteiger partial charge is 0.398 e. The van der Waals surface area contributed by atoms with Gasteiger partial charge >= 0.3 is 7.12 Å². The number of hydrogen-bond donors (Lipinski definition) is 0. The third-order valence-corrected chi connectivity index (χ3v) is 6.07. The molecule has 1 aliphatic heterocycles. The van der Waals surface area contributed by atoms with E-state index in [0.29, 0.717) is 0 Å². The summed E-state index contributed by atoms with van der Waals surface area (Å²) >= 11 is 0. The standard InChI is InChI=1S/C23H22BNO2/c1-22(2)23(3,4)27-24(26-22)21-19-14-16-10-6-5-9-15(16)13-18(19)17-11-7-8-12-20(17)25-21/h5-14H,1-4H3. The number of hydrogen-bond acceptors (Lipinski definition) is 3. The maximum Gasteiger partial charge on any atom is 0.515 e. The topological polar surface area (TPSA) is 31.4 Å². The summed E-state index contributed by atoms with van der Waals surface area (Å²) in [5.41, 5.74) is 1.03. The quantitative estimate of drug-likeness (QED) is 0.278. The van der Waals surface area contributed by atoms with Crippen LogP contribution in [-0.2, 0) is 9.31 Å². The Bertz CT molecular complexity index is 1180. The van der Waals surface area contributed by atoms with Crippen molar-refractivity contribution >= 4 is 45.2 Å². The molecular weight excluding hydrogens is 333 g/mol. The third-order valence-electron chi connectivity index (χ3n) is 6.07. The van der Waals surface area contributed by atoms with Crippen molar-refractivity contribution in [3.63, 3.8) is 0 Å². The predicted octanol–water partition coefficient (Wildman–Crippen LogP) is 4.84. The van der Waals surface area contributed by atoms with E-state index in [-0.39, 0.29) is 0 Å². The summed E-state index contributed by atoms with van der Waals surface area (Å²) in [6.07, 6.45) is 0. The van der Waals surface area contributed by atoms with Gasteiger partial charge in [0.25, 0.3) is 0 Å². The van der Waals surface area contributed by atoms with Crippen LogP contribution in [0.4, 0.5) is 0 Å². The van der Waals surface area contributed by atoms with Crippen LogP contribution in [0.15, 0.2) is 60.7 Å². The molecule has 4 heteroatoms. The molecule has 4 aromatic rings. The van der Waals surface area contributed by atoms with Gasteiger partial charge in [0, 0.05) is 10.8 Å². The highest BCUT2D eigenvalue weighted by atomic mass is 16.7. The molecule has 1 aliphatic rings. The molecule has 0 atom stereocenters. The molecule has 27 heavy (non-hydrogen) atoms. The Kier molecular flexibility index (Phi) is 3.43. The summed E-state index contributed by atoms with van der Waals surface area (Å²) < 4.78 is 12.7. The van der Waals surface area contributed by atoms with Crippen LogP contribution in [0.3, 0.4) is 0 Å². The molecule has 5 rings (SSSR count). The highest BCUT2D eigenvalue weighted by molar-refractivity contribution is 6.64. The van der Waals surface area contributed by atoms with Crippen molar-refractivity contribution in [2.24, 2.45) is 0 Å². The Morgan fingerprint density at radius 3 is 1.93 bits per heavy atom. The lowest BCUT2D eigenvalue weighted by Gasteiger charge is -2.32. The second-order valence-corrected chi connectivity index (χ2v) is 8.35. The molecule has 0 amide bonds. The molecule has 1 fully saturated rings. The van der Waals surface area contributed by atoms with Crippen molar-refractivity contribution in [2.75, 3.05) is 0 Å². The Hall–Kier alpha value is -2.43. The van der Waals surface area contributed by atoms with Crippen molar-refractivity contribution < 1.29 is 9.31 Å². The molecule has 0 aliphatic carbocycles. The first-order valence-electron chi connectivity index (χ1n) is 9.42. The first kappa shape index (κ1) is 16.7. The van der Waals surface area contributed by atoms with Crippen LogP contribution in [0.25, 0.3) is 32.4 Å². The Labute approximate surface area is 159 Å². The van der Waals surface area contributed by atoms with Crippen molar-refractivity contribution in [3.8, 4) is 0 Å². The normalized spacial score (nSPS) is 18.6. The summed E-state index contributed by atoms with van der Waals surface area (Å²) in [6.45, 7) is 8.30. The van der Waals surface area contributed by atoms with E-state index in [1.54, 1.807) is 0 Å². The van der Waals surface area contributed by atoms with Gasteiger partial charge < -0.3 is 9.31 Å². The molecule has 0 saturated carbocycles. The van der Waals surface area contributed by atoms with Crippen LogP contribution in [-0.4, -0.2) is 23.3 Å². The van der Waals surface area contributed by atoms with Crippen molar-refractivity contribution in [2.45, 2.75) is 38.9 Å². The fourth-order valence-electron chi connectivity index (χ4n) is 3.80. The predicted molar refractivity (Wildman–Crippen MR) is 112 cm³/mol. The average molecular weight is 355 g/mol. The number of fused-ring (bicyclic) bond motifs is 4.